The van der Waals surface area contributed by atoms with Crippen LogP contribution in [-0.4, -0.2) is 17.2 Å². The van der Waals surface area contributed by atoms with Crippen molar-refractivity contribution in [2.24, 2.45) is 16.5 Å². The minimum absolute atomic E-state index is 0.0563. The minimum Gasteiger partial charge on any atom is -0.370 e. The number of aldehydes is 1. The first-order valence-electron chi connectivity index (χ1n) is 5.06. The number of rotatable bonds is 2. The first kappa shape index (κ1) is 11.1. The van der Waals surface area contributed by atoms with Gasteiger partial charge in [0, 0.05) is 17.1 Å². The van der Waals surface area contributed by atoms with Gasteiger partial charge in [0.05, 0.1) is 0 Å². The van der Waals surface area contributed by atoms with Crippen molar-refractivity contribution in [2.45, 2.75) is 6.92 Å². The van der Waals surface area contributed by atoms with E-state index in [2.05, 4.69) is 9.98 Å². The molecule has 2 aromatic rings. The van der Waals surface area contributed by atoms with Gasteiger partial charge in [-0.3, -0.25) is 4.79 Å². The van der Waals surface area contributed by atoms with Crippen LogP contribution in [-0.2, 0) is 0 Å². The van der Waals surface area contributed by atoms with E-state index in [-0.39, 0.29) is 5.96 Å². The number of aryl methyl sites for hydroxylation is 1. The molecule has 4 N–H and O–H groups in total. The van der Waals surface area contributed by atoms with Gasteiger partial charge in [-0.05, 0) is 23.9 Å². The summed E-state index contributed by atoms with van der Waals surface area (Å²) in [6.45, 7) is 1.94. The topological polar surface area (TPSA) is 94.4 Å². The second-order valence-electron chi connectivity index (χ2n) is 3.72. The standard InChI is InChI=1S/C12H12N4O/c1-7-5-15-11(16-12(13)14)10-4-8(6-17)2-3-9(7)10/h2-6H,1H3,(H4,13,14,15,16). The molecule has 5 heteroatoms. The summed E-state index contributed by atoms with van der Waals surface area (Å²) in [6, 6.07) is 5.34. The van der Waals surface area contributed by atoms with Crippen LogP contribution < -0.4 is 11.5 Å². The fourth-order valence-corrected chi connectivity index (χ4v) is 1.67. The first-order valence-corrected chi connectivity index (χ1v) is 5.06. The number of carbonyl (C=O) groups is 1. The number of benzene rings is 1. The van der Waals surface area contributed by atoms with Gasteiger partial charge in [-0.1, -0.05) is 12.1 Å². The highest BCUT2D eigenvalue weighted by molar-refractivity contribution is 5.97. The van der Waals surface area contributed by atoms with Gasteiger partial charge in [-0.15, -0.1) is 0 Å². The third-order valence-corrected chi connectivity index (χ3v) is 2.46. The summed E-state index contributed by atoms with van der Waals surface area (Å²) in [4.78, 5) is 18.9. The lowest BCUT2D eigenvalue weighted by molar-refractivity contribution is 0.112. The van der Waals surface area contributed by atoms with E-state index >= 15 is 0 Å². The van der Waals surface area contributed by atoms with Crippen molar-refractivity contribution in [1.82, 2.24) is 4.98 Å². The molecule has 0 radical (unpaired) electrons. The fourth-order valence-electron chi connectivity index (χ4n) is 1.67. The summed E-state index contributed by atoms with van der Waals surface area (Å²) < 4.78 is 0. The second-order valence-corrected chi connectivity index (χ2v) is 3.72. The van der Waals surface area contributed by atoms with E-state index in [1.54, 1.807) is 18.3 Å². The molecule has 86 valence electrons. The third kappa shape index (κ3) is 2.08. The van der Waals surface area contributed by atoms with Crippen LogP contribution in [0.5, 0.6) is 0 Å². The molecule has 5 nitrogen and oxygen atoms in total. The largest absolute Gasteiger partial charge is 0.370 e. The molecule has 0 unspecified atom stereocenters. The Balaban J connectivity index is 2.80. The van der Waals surface area contributed by atoms with Crippen LogP contribution >= 0.6 is 0 Å². The molecule has 0 aliphatic rings. The number of aliphatic imine (C=N–C) groups is 1. The molecular formula is C12H12N4O. The number of nitrogens with zero attached hydrogens (tertiary/aromatic N) is 2. The predicted octanol–water partition coefficient (Wildman–Crippen LogP) is 1.26. The van der Waals surface area contributed by atoms with Gasteiger partial charge in [-0.25, -0.2) is 4.98 Å². The number of hydrogen-bond acceptors (Lipinski definition) is 3. The smallest absolute Gasteiger partial charge is 0.192 e. The van der Waals surface area contributed by atoms with Crippen LogP contribution in [0.2, 0.25) is 0 Å². The molecule has 0 atom stereocenters. The Hall–Kier alpha value is -2.43. The minimum atomic E-state index is -0.0563. The Morgan fingerprint density at radius 2 is 2.12 bits per heavy atom. The van der Waals surface area contributed by atoms with Crippen LogP contribution in [0, 0.1) is 6.92 Å². The quantitative estimate of drug-likeness (QED) is 0.459. The summed E-state index contributed by atoms with van der Waals surface area (Å²) in [7, 11) is 0. The van der Waals surface area contributed by atoms with Crippen LogP contribution in [0.1, 0.15) is 15.9 Å². The monoisotopic (exact) mass is 228 g/mol. The molecule has 0 saturated heterocycles. The maximum Gasteiger partial charge on any atom is 0.192 e. The zero-order chi connectivity index (χ0) is 12.4. The maximum atomic E-state index is 10.8. The number of guanidine groups is 1. The fraction of sp³-hybridized carbons (Fsp3) is 0.0833. The highest BCUT2D eigenvalue weighted by Crippen LogP contribution is 2.26. The van der Waals surface area contributed by atoms with Crippen LogP contribution in [0.4, 0.5) is 5.82 Å². The number of aromatic nitrogens is 1. The second kappa shape index (κ2) is 4.21. The molecule has 17 heavy (non-hydrogen) atoms. The lowest BCUT2D eigenvalue weighted by Gasteiger charge is -2.05. The molecule has 0 fully saturated rings. The van der Waals surface area contributed by atoms with Crippen LogP contribution in [0.15, 0.2) is 29.4 Å². The van der Waals surface area contributed by atoms with Gasteiger partial charge in [0.1, 0.15) is 6.29 Å². The van der Waals surface area contributed by atoms with Gasteiger partial charge in [-0.2, -0.15) is 4.99 Å². The molecule has 1 heterocycles. The van der Waals surface area contributed by atoms with E-state index < -0.39 is 0 Å². The number of fused-ring (bicyclic) bond motifs is 1. The summed E-state index contributed by atoms with van der Waals surface area (Å²) in [5.41, 5.74) is 12.3. The average molecular weight is 228 g/mol. The average Bonchev–Trinajstić information content (AvgIpc) is 2.32. The zero-order valence-electron chi connectivity index (χ0n) is 9.34. The zero-order valence-corrected chi connectivity index (χ0v) is 9.34. The van der Waals surface area contributed by atoms with Crippen molar-refractivity contribution in [2.75, 3.05) is 0 Å². The maximum absolute atomic E-state index is 10.8. The van der Waals surface area contributed by atoms with E-state index in [0.717, 1.165) is 22.6 Å². The molecule has 0 aliphatic carbocycles. The number of nitrogens with two attached hydrogens (primary N) is 2. The van der Waals surface area contributed by atoms with Gasteiger partial charge in [0.15, 0.2) is 11.8 Å². The Morgan fingerprint density at radius 1 is 1.35 bits per heavy atom. The molecule has 0 bridgehead atoms. The summed E-state index contributed by atoms with van der Waals surface area (Å²) in [5, 5.41) is 1.74. The summed E-state index contributed by atoms with van der Waals surface area (Å²) >= 11 is 0. The molecule has 1 aromatic heterocycles. The third-order valence-electron chi connectivity index (χ3n) is 2.46. The Bertz CT molecular complexity index is 615. The van der Waals surface area contributed by atoms with Gasteiger partial charge >= 0.3 is 0 Å². The van der Waals surface area contributed by atoms with E-state index in [0.29, 0.717) is 11.4 Å². The molecule has 0 spiro atoms. The number of hydrogen-bond donors (Lipinski definition) is 2. The first-order chi connectivity index (χ1) is 8.11. The van der Waals surface area contributed by atoms with Crippen LogP contribution in [0.3, 0.4) is 0 Å². The summed E-state index contributed by atoms with van der Waals surface area (Å²) in [5.74, 6) is 0.369. The van der Waals surface area contributed by atoms with E-state index in [9.17, 15) is 4.79 Å². The van der Waals surface area contributed by atoms with Crippen molar-refractivity contribution >= 4 is 28.8 Å². The Kier molecular flexibility index (Phi) is 2.74. The van der Waals surface area contributed by atoms with Crippen LogP contribution in [0.25, 0.3) is 10.8 Å². The SMILES string of the molecule is Cc1cnc(N=C(N)N)c2cc(C=O)ccc12. The van der Waals surface area contributed by atoms with E-state index in [4.69, 9.17) is 11.5 Å². The van der Waals surface area contributed by atoms with Gasteiger partial charge < -0.3 is 11.5 Å². The lowest BCUT2D eigenvalue weighted by Crippen LogP contribution is -2.22. The molecular weight excluding hydrogens is 216 g/mol. The highest BCUT2D eigenvalue weighted by Gasteiger charge is 2.05. The van der Waals surface area contributed by atoms with Crippen molar-refractivity contribution in [3.05, 3.63) is 35.5 Å². The van der Waals surface area contributed by atoms with Crippen molar-refractivity contribution in [1.29, 1.82) is 0 Å². The van der Waals surface area contributed by atoms with Gasteiger partial charge in [0.2, 0.25) is 0 Å². The van der Waals surface area contributed by atoms with E-state index in [1.807, 2.05) is 13.0 Å². The number of carbonyl (C=O) groups excluding carboxylic acids is 1. The Morgan fingerprint density at radius 3 is 2.76 bits per heavy atom. The van der Waals surface area contributed by atoms with Gasteiger partial charge in [0.25, 0.3) is 0 Å². The Labute approximate surface area is 98.2 Å². The molecule has 2 rings (SSSR count). The normalized spacial score (nSPS) is 10.2. The molecule has 0 aliphatic heterocycles. The predicted molar refractivity (Wildman–Crippen MR) is 67.3 cm³/mol. The molecule has 0 amide bonds. The van der Waals surface area contributed by atoms with E-state index in [1.165, 1.54) is 0 Å². The van der Waals surface area contributed by atoms with Crippen molar-refractivity contribution in [3.8, 4) is 0 Å². The van der Waals surface area contributed by atoms with Crippen molar-refractivity contribution in [3.63, 3.8) is 0 Å². The molecule has 1 aromatic carbocycles. The highest BCUT2D eigenvalue weighted by atomic mass is 16.1. The lowest BCUT2D eigenvalue weighted by atomic mass is 10.1. The summed E-state index contributed by atoms with van der Waals surface area (Å²) in [6.07, 6.45) is 2.48. The number of pyridine rings is 1. The molecule has 0 saturated carbocycles. The van der Waals surface area contributed by atoms with Crippen molar-refractivity contribution < 1.29 is 4.79 Å².